The van der Waals surface area contributed by atoms with E-state index in [0.29, 0.717) is 19.0 Å². The summed E-state index contributed by atoms with van der Waals surface area (Å²) in [5.41, 5.74) is 4.67. The van der Waals surface area contributed by atoms with E-state index < -0.39 is 5.60 Å². The van der Waals surface area contributed by atoms with Crippen LogP contribution in [0.25, 0.3) is 0 Å². The third-order valence-corrected chi connectivity index (χ3v) is 2.78. The van der Waals surface area contributed by atoms with Gasteiger partial charge in [0.2, 0.25) is 0 Å². The van der Waals surface area contributed by atoms with Crippen LogP contribution in [0, 0.1) is 5.92 Å². The van der Waals surface area contributed by atoms with E-state index in [1.165, 1.54) is 0 Å². The van der Waals surface area contributed by atoms with Gasteiger partial charge in [0.05, 0.1) is 0 Å². The van der Waals surface area contributed by atoms with Crippen molar-refractivity contribution in [2.75, 3.05) is 20.3 Å². The Hall–Kier alpha value is -0.610. The van der Waals surface area contributed by atoms with Crippen LogP contribution in [0.2, 0.25) is 0 Å². The Balaban J connectivity index is 2.66. The van der Waals surface area contributed by atoms with Gasteiger partial charge in [-0.15, -0.1) is 0 Å². The van der Waals surface area contributed by atoms with Gasteiger partial charge in [-0.1, -0.05) is 0 Å². The molecule has 0 bridgehead atoms. The summed E-state index contributed by atoms with van der Waals surface area (Å²) in [4.78, 5) is 3.84. The summed E-state index contributed by atoms with van der Waals surface area (Å²) in [7, 11) is 1.60. The molecule has 0 aromatic rings. The Morgan fingerprint density at radius 3 is 2.54 bits per heavy atom. The molecule has 0 amide bonds. The second-order valence-electron chi connectivity index (χ2n) is 3.64. The quantitative estimate of drug-likeness (QED) is 0.476. The first kappa shape index (κ1) is 10.5. The Labute approximate surface area is 78.8 Å². The Morgan fingerprint density at radius 1 is 1.54 bits per heavy atom. The van der Waals surface area contributed by atoms with Crippen molar-refractivity contribution in [3.63, 3.8) is 0 Å². The maximum absolute atomic E-state index is 10.1. The first-order valence-corrected chi connectivity index (χ1v) is 4.62. The molecular weight excluding hydrogens is 168 g/mol. The van der Waals surface area contributed by atoms with E-state index in [4.69, 9.17) is 10.5 Å². The summed E-state index contributed by atoms with van der Waals surface area (Å²) in [6.07, 6.45) is 1.70. The van der Waals surface area contributed by atoms with Crippen LogP contribution in [-0.4, -0.2) is 36.8 Å². The molecule has 0 aromatic carbocycles. The summed E-state index contributed by atoms with van der Waals surface area (Å²) in [5, 5.41) is 10.1. The maximum Gasteiger partial charge on any atom is 0.126 e. The van der Waals surface area contributed by atoms with Gasteiger partial charge in [0, 0.05) is 20.3 Å². The summed E-state index contributed by atoms with van der Waals surface area (Å²) in [6.45, 7) is 3.14. The van der Waals surface area contributed by atoms with Crippen molar-refractivity contribution in [3.05, 3.63) is 0 Å². The minimum atomic E-state index is -0.974. The maximum atomic E-state index is 10.1. The van der Waals surface area contributed by atoms with Gasteiger partial charge < -0.3 is 15.6 Å². The highest BCUT2D eigenvalue weighted by Crippen LogP contribution is 2.27. The van der Waals surface area contributed by atoms with Gasteiger partial charge in [-0.25, -0.2) is 0 Å². The number of nitrogens with two attached hydrogens (primary N) is 1. The molecule has 3 N–H and O–H groups in total. The Kier molecular flexibility index (Phi) is 3.27. The van der Waals surface area contributed by atoms with Crippen LogP contribution in [-0.2, 0) is 4.74 Å². The SMILES string of the molecule is CN=C(N)C(C)(O)C1CCOCC1. The molecule has 1 fully saturated rings. The number of hydrogen-bond acceptors (Lipinski definition) is 3. The molecular formula is C9H18N2O2. The van der Waals surface area contributed by atoms with Crippen molar-refractivity contribution < 1.29 is 9.84 Å². The molecule has 76 valence electrons. The van der Waals surface area contributed by atoms with Crippen LogP contribution in [0.3, 0.4) is 0 Å². The number of ether oxygens (including phenoxy) is 1. The predicted octanol–water partition coefficient (Wildman–Crippen LogP) is 0.151. The third-order valence-electron chi connectivity index (χ3n) is 2.78. The highest BCUT2D eigenvalue weighted by Gasteiger charge is 2.36. The van der Waals surface area contributed by atoms with E-state index in [2.05, 4.69) is 4.99 Å². The highest BCUT2D eigenvalue weighted by molar-refractivity contribution is 5.88. The third kappa shape index (κ3) is 2.19. The zero-order chi connectivity index (χ0) is 9.90. The van der Waals surface area contributed by atoms with Gasteiger partial charge >= 0.3 is 0 Å². The fraction of sp³-hybridized carbons (Fsp3) is 0.889. The second-order valence-corrected chi connectivity index (χ2v) is 3.64. The van der Waals surface area contributed by atoms with Gasteiger partial charge in [0.1, 0.15) is 11.4 Å². The van der Waals surface area contributed by atoms with Crippen LogP contribution in [0.1, 0.15) is 19.8 Å². The minimum Gasteiger partial charge on any atom is -0.385 e. The zero-order valence-corrected chi connectivity index (χ0v) is 8.29. The summed E-state index contributed by atoms with van der Waals surface area (Å²) >= 11 is 0. The Morgan fingerprint density at radius 2 is 2.08 bits per heavy atom. The van der Waals surface area contributed by atoms with Crippen LogP contribution < -0.4 is 5.73 Å². The number of aliphatic imine (C=N–C) groups is 1. The molecule has 0 aliphatic carbocycles. The van der Waals surface area contributed by atoms with Crippen molar-refractivity contribution >= 4 is 5.84 Å². The van der Waals surface area contributed by atoms with Gasteiger partial charge in [-0.3, -0.25) is 4.99 Å². The lowest BCUT2D eigenvalue weighted by molar-refractivity contribution is -0.0136. The van der Waals surface area contributed by atoms with Crippen molar-refractivity contribution in [2.24, 2.45) is 16.6 Å². The number of hydrogen-bond donors (Lipinski definition) is 2. The number of rotatable bonds is 2. The Bertz CT molecular complexity index is 196. The average molecular weight is 186 g/mol. The smallest absolute Gasteiger partial charge is 0.126 e. The number of amidine groups is 1. The summed E-state index contributed by atoms with van der Waals surface area (Å²) in [6, 6.07) is 0. The molecule has 0 spiro atoms. The summed E-state index contributed by atoms with van der Waals surface area (Å²) < 4.78 is 5.22. The number of nitrogens with zero attached hydrogens (tertiary/aromatic N) is 1. The van der Waals surface area contributed by atoms with E-state index in [9.17, 15) is 5.11 Å². The normalized spacial score (nSPS) is 25.6. The first-order chi connectivity index (χ1) is 6.09. The molecule has 1 aliphatic rings. The van der Waals surface area contributed by atoms with Crippen LogP contribution in [0.15, 0.2) is 4.99 Å². The van der Waals surface area contributed by atoms with Crippen molar-refractivity contribution in [1.29, 1.82) is 0 Å². The molecule has 1 heterocycles. The lowest BCUT2D eigenvalue weighted by atomic mass is 9.82. The van der Waals surface area contributed by atoms with E-state index in [0.717, 1.165) is 12.8 Å². The number of aliphatic hydroxyl groups is 1. The minimum absolute atomic E-state index is 0.171. The van der Waals surface area contributed by atoms with E-state index in [-0.39, 0.29) is 5.92 Å². The van der Waals surface area contributed by atoms with Crippen molar-refractivity contribution in [2.45, 2.75) is 25.4 Å². The van der Waals surface area contributed by atoms with Crippen molar-refractivity contribution in [1.82, 2.24) is 0 Å². The highest BCUT2D eigenvalue weighted by atomic mass is 16.5. The van der Waals surface area contributed by atoms with E-state index in [1.54, 1.807) is 14.0 Å². The molecule has 4 nitrogen and oxygen atoms in total. The fourth-order valence-electron chi connectivity index (χ4n) is 1.70. The first-order valence-electron chi connectivity index (χ1n) is 4.62. The molecule has 1 rings (SSSR count). The average Bonchev–Trinajstić information content (AvgIpc) is 2.18. The molecule has 1 aliphatic heterocycles. The largest absolute Gasteiger partial charge is 0.385 e. The van der Waals surface area contributed by atoms with Gasteiger partial charge in [0.25, 0.3) is 0 Å². The molecule has 0 radical (unpaired) electrons. The monoisotopic (exact) mass is 186 g/mol. The molecule has 0 aromatic heterocycles. The molecule has 13 heavy (non-hydrogen) atoms. The van der Waals surface area contributed by atoms with Gasteiger partial charge in [-0.2, -0.15) is 0 Å². The molecule has 1 atom stereocenters. The summed E-state index contributed by atoms with van der Waals surface area (Å²) in [5.74, 6) is 0.490. The lowest BCUT2D eigenvalue weighted by Gasteiger charge is -2.34. The molecule has 1 unspecified atom stereocenters. The van der Waals surface area contributed by atoms with Crippen LogP contribution >= 0.6 is 0 Å². The van der Waals surface area contributed by atoms with E-state index in [1.807, 2.05) is 0 Å². The van der Waals surface area contributed by atoms with Gasteiger partial charge in [-0.05, 0) is 25.7 Å². The van der Waals surface area contributed by atoms with Gasteiger partial charge in [0.15, 0.2) is 0 Å². The molecule has 1 saturated heterocycles. The predicted molar refractivity (Wildman–Crippen MR) is 51.7 cm³/mol. The topological polar surface area (TPSA) is 67.8 Å². The lowest BCUT2D eigenvalue weighted by Crippen LogP contribution is -2.49. The van der Waals surface area contributed by atoms with E-state index >= 15 is 0 Å². The zero-order valence-electron chi connectivity index (χ0n) is 8.29. The van der Waals surface area contributed by atoms with Crippen LogP contribution in [0.4, 0.5) is 0 Å². The van der Waals surface area contributed by atoms with Crippen LogP contribution in [0.5, 0.6) is 0 Å². The second kappa shape index (κ2) is 4.07. The standard InChI is InChI=1S/C9H18N2O2/c1-9(12,8(10)11-2)7-3-5-13-6-4-7/h7,12H,3-6H2,1-2H3,(H2,10,11). The molecule has 4 heteroatoms. The molecule has 0 saturated carbocycles. The van der Waals surface area contributed by atoms with Crippen molar-refractivity contribution in [3.8, 4) is 0 Å². The fourth-order valence-corrected chi connectivity index (χ4v) is 1.70.